The number of aryl methyl sites for hydroxylation is 1. The lowest BCUT2D eigenvalue weighted by molar-refractivity contribution is 0.270. The van der Waals surface area contributed by atoms with Gasteiger partial charge in [0.2, 0.25) is 5.95 Å². The molecule has 1 aliphatic heterocycles. The van der Waals surface area contributed by atoms with Crippen LogP contribution in [0, 0.1) is 12.3 Å². The first kappa shape index (κ1) is 13.2. The number of H-pyrrole nitrogens is 1. The van der Waals surface area contributed by atoms with Crippen molar-refractivity contribution in [2.24, 2.45) is 11.1 Å². The van der Waals surface area contributed by atoms with Gasteiger partial charge in [-0.2, -0.15) is 4.98 Å². The lowest BCUT2D eigenvalue weighted by atomic mass is 9.82. The summed E-state index contributed by atoms with van der Waals surface area (Å²) in [6, 6.07) is 1.92. The van der Waals surface area contributed by atoms with Crippen LogP contribution in [-0.2, 0) is 0 Å². The molecule has 1 unspecified atom stereocenters. The molecule has 0 radical (unpaired) electrons. The largest absolute Gasteiger partial charge is 0.461 e. The molecule has 6 heteroatoms. The SMILES string of the molecule is Cc1ccoc1-c1nc(N2CCCC(C)(CN)C2)n[nH]1. The van der Waals surface area contributed by atoms with Crippen LogP contribution in [0.25, 0.3) is 11.6 Å². The highest BCUT2D eigenvalue weighted by molar-refractivity contribution is 5.53. The highest BCUT2D eigenvalue weighted by Gasteiger charge is 2.31. The first-order valence-corrected chi connectivity index (χ1v) is 7.03. The number of nitrogens with two attached hydrogens (primary N) is 1. The Kier molecular flexibility index (Phi) is 3.25. The molecule has 20 heavy (non-hydrogen) atoms. The van der Waals surface area contributed by atoms with Crippen molar-refractivity contribution in [3.8, 4) is 11.6 Å². The van der Waals surface area contributed by atoms with E-state index in [1.807, 2.05) is 13.0 Å². The molecule has 6 nitrogen and oxygen atoms in total. The van der Waals surface area contributed by atoms with Crippen LogP contribution >= 0.6 is 0 Å². The number of piperidine rings is 1. The molecule has 1 saturated heterocycles. The van der Waals surface area contributed by atoms with Crippen molar-refractivity contribution in [3.05, 3.63) is 17.9 Å². The quantitative estimate of drug-likeness (QED) is 0.894. The minimum atomic E-state index is 0.152. The first-order valence-electron chi connectivity index (χ1n) is 7.03. The molecule has 1 aliphatic rings. The van der Waals surface area contributed by atoms with E-state index in [1.165, 1.54) is 0 Å². The van der Waals surface area contributed by atoms with E-state index in [2.05, 4.69) is 27.0 Å². The minimum Gasteiger partial charge on any atom is -0.461 e. The molecule has 0 amide bonds. The highest BCUT2D eigenvalue weighted by Crippen LogP contribution is 2.30. The Balaban J connectivity index is 1.82. The van der Waals surface area contributed by atoms with Crippen molar-refractivity contribution in [3.63, 3.8) is 0 Å². The van der Waals surface area contributed by atoms with Gasteiger partial charge in [-0.15, -0.1) is 5.10 Å². The lowest BCUT2D eigenvalue weighted by Crippen LogP contribution is -2.46. The molecule has 0 spiro atoms. The second-order valence-corrected chi connectivity index (χ2v) is 5.96. The van der Waals surface area contributed by atoms with Gasteiger partial charge in [0, 0.05) is 13.1 Å². The van der Waals surface area contributed by atoms with Gasteiger partial charge in [0.25, 0.3) is 0 Å². The van der Waals surface area contributed by atoms with Crippen LogP contribution in [0.5, 0.6) is 0 Å². The van der Waals surface area contributed by atoms with Crippen molar-refractivity contribution < 1.29 is 4.42 Å². The fraction of sp³-hybridized carbons (Fsp3) is 0.571. The standard InChI is InChI=1S/C14H21N5O/c1-10-4-7-20-11(10)12-16-13(18-17-12)19-6-3-5-14(2,8-15)9-19/h4,7H,3,5-6,8-9,15H2,1-2H3,(H,16,17,18). The predicted octanol–water partition coefficient (Wildman–Crippen LogP) is 1.94. The molecule has 0 bridgehead atoms. The van der Waals surface area contributed by atoms with Crippen LogP contribution in [0.3, 0.4) is 0 Å². The maximum atomic E-state index is 5.89. The van der Waals surface area contributed by atoms with Crippen molar-refractivity contribution in [1.29, 1.82) is 0 Å². The average molecular weight is 275 g/mol. The van der Waals surface area contributed by atoms with E-state index in [9.17, 15) is 0 Å². The second kappa shape index (κ2) is 4.94. The molecular formula is C14H21N5O. The smallest absolute Gasteiger partial charge is 0.245 e. The van der Waals surface area contributed by atoms with Crippen LogP contribution in [0.15, 0.2) is 16.7 Å². The number of furan rings is 1. The van der Waals surface area contributed by atoms with Crippen LogP contribution in [0.2, 0.25) is 0 Å². The third-order valence-electron chi connectivity index (χ3n) is 4.11. The third-order valence-corrected chi connectivity index (χ3v) is 4.11. The summed E-state index contributed by atoms with van der Waals surface area (Å²) in [7, 11) is 0. The van der Waals surface area contributed by atoms with Gasteiger partial charge in [0.05, 0.1) is 6.26 Å². The monoisotopic (exact) mass is 275 g/mol. The Bertz CT molecular complexity index is 590. The number of nitrogens with one attached hydrogen (secondary N) is 1. The summed E-state index contributed by atoms with van der Waals surface area (Å²) in [5.74, 6) is 2.17. The maximum Gasteiger partial charge on any atom is 0.245 e. The Labute approximate surface area is 118 Å². The van der Waals surface area contributed by atoms with Crippen LogP contribution in [0.1, 0.15) is 25.3 Å². The molecule has 0 aliphatic carbocycles. The predicted molar refractivity (Wildman–Crippen MR) is 77.4 cm³/mol. The molecule has 3 rings (SSSR count). The Morgan fingerprint density at radius 3 is 3.10 bits per heavy atom. The molecule has 3 N–H and O–H groups in total. The zero-order valence-electron chi connectivity index (χ0n) is 12.0. The van der Waals surface area contributed by atoms with Gasteiger partial charge in [-0.1, -0.05) is 6.92 Å². The van der Waals surface area contributed by atoms with E-state index < -0.39 is 0 Å². The molecule has 1 atom stereocenters. The van der Waals surface area contributed by atoms with Crippen molar-refractivity contribution in [2.75, 3.05) is 24.5 Å². The van der Waals surface area contributed by atoms with Gasteiger partial charge in [-0.25, -0.2) is 0 Å². The Hall–Kier alpha value is -1.82. The summed E-state index contributed by atoms with van der Waals surface area (Å²) >= 11 is 0. The number of nitrogens with zero attached hydrogens (tertiary/aromatic N) is 3. The van der Waals surface area contributed by atoms with E-state index >= 15 is 0 Å². The second-order valence-electron chi connectivity index (χ2n) is 5.96. The molecule has 2 aromatic rings. The van der Waals surface area contributed by atoms with E-state index in [1.54, 1.807) is 6.26 Å². The van der Waals surface area contributed by atoms with Crippen LogP contribution in [-0.4, -0.2) is 34.8 Å². The summed E-state index contributed by atoms with van der Waals surface area (Å²) in [6.45, 7) is 6.79. The fourth-order valence-corrected chi connectivity index (χ4v) is 2.76. The maximum absolute atomic E-state index is 5.89. The van der Waals surface area contributed by atoms with Crippen molar-refractivity contribution >= 4 is 5.95 Å². The summed E-state index contributed by atoms with van der Waals surface area (Å²) < 4.78 is 5.44. The number of anilines is 1. The molecule has 108 valence electrons. The third kappa shape index (κ3) is 2.31. The van der Waals surface area contributed by atoms with Gasteiger partial charge in [0.1, 0.15) is 0 Å². The van der Waals surface area contributed by atoms with E-state index in [0.29, 0.717) is 12.4 Å². The Morgan fingerprint density at radius 1 is 1.55 bits per heavy atom. The summed E-state index contributed by atoms with van der Waals surface area (Å²) in [6.07, 6.45) is 3.95. The molecule has 1 fully saturated rings. The number of aromatic nitrogens is 3. The number of rotatable bonds is 3. The molecule has 0 aromatic carbocycles. The summed E-state index contributed by atoms with van der Waals surface area (Å²) in [5.41, 5.74) is 7.10. The zero-order chi connectivity index (χ0) is 14.2. The molecule has 0 saturated carbocycles. The van der Waals surface area contributed by atoms with Crippen LogP contribution in [0.4, 0.5) is 5.95 Å². The van der Waals surface area contributed by atoms with Gasteiger partial charge in [0.15, 0.2) is 11.6 Å². The van der Waals surface area contributed by atoms with Gasteiger partial charge >= 0.3 is 0 Å². The zero-order valence-corrected chi connectivity index (χ0v) is 12.0. The van der Waals surface area contributed by atoms with Gasteiger partial charge < -0.3 is 15.1 Å². The number of hydrogen-bond donors (Lipinski definition) is 2. The van der Waals surface area contributed by atoms with E-state index in [0.717, 1.165) is 43.2 Å². The molecule has 2 aromatic heterocycles. The van der Waals surface area contributed by atoms with Crippen LogP contribution < -0.4 is 10.6 Å². The van der Waals surface area contributed by atoms with Crippen molar-refractivity contribution in [2.45, 2.75) is 26.7 Å². The lowest BCUT2D eigenvalue weighted by Gasteiger charge is -2.39. The summed E-state index contributed by atoms with van der Waals surface area (Å²) in [4.78, 5) is 6.76. The Morgan fingerprint density at radius 2 is 2.40 bits per heavy atom. The fourth-order valence-electron chi connectivity index (χ4n) is 2.76. The highest BCUT2D eigenvalue weighted by atomic mass is 16.3. The minimum absolute atomic E-state index is 0.152. The number of hydrogen-bond acceptors (Lipinski definition) is 5. The first-order chi connectivity index (χ1) is 9.61. The number of aromatic amines is 1. The topological polar surface area (TPSA) is 84.0 Å². The normalized spacial score (nSPS) is 23.2. The van der Waals surface area contributed by atoms with E-state index in [-0.39, 0.29) is 5.41 Å². The average Bonchev–Trinajstić information content (AvgIpc) is 3.07. The van der Waals surface area contributed by atoms with Gasteiger partial charge in [-0.05, 0) is 43.4 Å². The van der Waals surface area contributed by atoms with Gasteiger partial charge in [-0.3, -0.25) is 5.10 Å². The molecular weight excluding hydrogens is 254 g/mol. The molecule has 3 heterocycles. The summed E-state index contributed by atoms with van der Waals surface area (Å²) in [5, 5.41) is 7.29. The van der Waals surface area contributed by atoms with E-state index in [4.69, 9.17) is 10.2 Å². The van der Waals surface area contributed by atoms with Crippen molar-refractivity contribution in [1.82, 2.24) is 15.2 Å².